The van der Waals surface area contributed by atoms with Gasteiger partial charge in [-0.25, -0.2) is 4.98 Å². The van der Waals surface area contributed by atoms with E-state index in [0.717, 1.165) is 0 Å². The Morgan fingerprint density at radius 1 is 1.40 bits per heavy atom. The van der Waals surface area contributed by atoms with Crippen LogP contribution < -0.4 is 10.6 Å². The van der Waals surface area contributed by atoms with Gasteiger partial charge in [0.05, 0.1) is 5.92 Å². The quantitative estimate of drug-likeness (QED) is 0.772. The van der Waals surface area contributed by atoms with E-state index in [1.54, 1.807) is 25.4 Å². The molecular weight excluding hydrogens is 280 g/mol. The van der Waals surface area contributed by atoms with Crippen LogP contribution in [0.4, 0.5) is 5.13 Å². The zero-order valence-electron chi connectivity index (χ0n) is 11.3. The van der Waals surface area contributed by atoms with Crippen molar-refractivity contribution in [2.45, 2.75) is 19.9 Å². The van der Waals surface area contributed by atoms with E-state index in [2.05, 4.69) is 15.6 Å². The summed E-state index contributed by atoms with van der Waals surface area (Å²) in [6, 6.07) is -0.0864. The van der Waals surface area contributed by atoms with E-state index in [9.17, 15) is 14.4 Å². The first-order valence-electron chi connectivity index (χ1n) is 6.27. The predicted molar refractivity (Wildman–Crippen MR) is 74.1 cm³/mol. The first kappa shape index (κ1) is 14.4. The van der Waals surface area contributed by atoms with E-state index < -0.39 is 11.8 Å². The van der Waals surface area contributed by atoms with Gasteiger partial charge in [0.2, 0.25) is 5.91 Å². The van der Waals surface area contributed by atoms with E-state index in [-0.39, 0.29) is 31.0 Å². The van der Waals surface area contributed by atoms with Gasteiger partial charge in [-0.15, -0.1) is 11.3 Å². The lowest BCUT2D eigenvalue weighted by Gasteiger charge is -2.37. The van der Waals surface area contributed by atoms with Gasteiger partial charge in [-0.2, -0.15) is 0 Å². The molecule has 0 unspecified atom stereocenters. The van der Waals surface area contributed by atoms with Crippen LogP contribution in [0.25, 0.3) is 0 Å². The summed E-state index contributed by atoms with van der Waals surface area (Å²) in [5.41, 5.74) is 0. The fraction of sp³-hybridized carbons (Fsp3) is 0.500. The third-order valence-corrected chi connectivity index (χ3v) is 3.50. The molecule has 108 valence electrons. The molecule has 20 heavy (non-hydrogen) atoms. The Morgan fingerprint density at radius 3 is 2.65 bits per heavy atom. The summed E-state index contributed by atoms with van der Waals surface area (Å²) >= 11 is 1.33. The normalized spacial score (nSPS) is 14.8. The van der Waals surface area contributed by atoms with E-state index in [1.807, 2.05) is 0 Å². The van der Waals surface area contributed by atoms with Gasteiger partial charge in [0.25, 0.3) is 0 Å². The molecule has 2 heterocycles. The van der Waals surface area contributed by atoms with Crippen molar-refractivity contribution in [1.29, 1.82) is 0 Å². The molecule has 7 nitrogen and oxygen atoms in total. The molecule has 0 spiro atoms. The number of anilines is 1. The lowest BCUT2D eigenvalue weighted by atomic mass is 9.99. The number of hydrogen-bond acceptors (Lipinski definition) is 5. The zero-order chi connectivity index (χ0) is 14.7. The monoisotopic (exact) mass is 296 g/mol. The topological polar surface area (TPSA) is 91.4 Å². The number of likely N-dealkylation sites (tertiary alicyclic amines) is 1. The van der Waals surface area contributed by atoms with Gasteiger partial charge < -0.3 is 15.5 Å². The van der Waals surface area contributed by atoms with Gasteiger partial charge in [-0.1, -0.05) is 0 Å². The van der Waals surface area contributed by atoms with Gasteiger partial charge in [0.15, 0.2) is 5.13 Å². The first-order chi connectivity index (χ1) is 9.47. The minimum absolute atomic E-state index is 0.0864. The van der Waals surface area contributed by atoms with E-state index in [1.165, 1.54) is 16.2 Å². The number of rotatable bonds is 3. The fourth-order valence-electron chi connectivity index (χ4n) is 1.77. The summed E-state index contributed by atoms with van der Waals surface area (Å²) in [5, 5.41) is 7.51. The fourth-order valence-corrected chi connectivity index (χ4v) is 2.30. The maximum absolute atomic E-state index is 11.8. The molecule has 8 heteroatoms. The number of amides is 3. The van der Waals surface area contributed by atoms with E-state index in [4.69, 9.17) is 0 Å². The molecule has 0 saturated carbocycles. The molecule has 0 aliphatic carbocycles. The molecule has 0 atom stereocenters. The van der Waals surface area contributed by atoms with Gasteiger partial charge in [-0.3, -0.25) is 14.4 Å². The Kier molecular flexibility index (Phi) is 4.33. The summed E-state index contributed by atoms with van der Waals surface area (Å²) < 4.78 is 0. The summed E-state index contributed by atoms with van der Waals surface area (Å²) in [6.07, 6.45) is 1.60. The summed E-state index contributed by atoms with van der Waals surface area (Å²) in [6.45, 7) is 4.10. The Labute approximate surface area is 120 Å². The molecule has 0 bridgehead atoms. The molecular formula is C12H16N4O3S. The maximum Gasteiger partial charge on any atom is 0.311 e. The van der Waals surface area contributed by atoms with E-state index >= 15 is 0 Å². The Balaban J connectivity index is 1.78. The van der Waals surface area contributed by atoms with Crippen molar-refractivity contribution >= 4 is 34.2 Å². The van der Waals surface area contributed by atoms with Crippen LogP contribution in [0.1, 0.15) is 13.8 Å². The number of nitrogens with one attached hydrogen (secondary N) is 2. The van der Waals surface area contributed by atoms with Gasteiger partial charge in [-0.05, 0) is 13.8 Å². The third-order valence-electron chi connectivity index (χ3n) is 2.82. The summed E-state index contributed by atoms with van der Waals surface area (Å²) in [4.78, 5) is 40.4. The summed E-state index contributed by atoms with van der Waals surface area (Å²) in [5.74, 6) is -1.67. The van der Waals surface area contributed by atoms with Crippen LogP contribution in [0.5, 0.6) is 0 Å². The van der Waals surface area contributed by atoms with Crippen molar-refractivity contribution in [3.05, 3.63) is 11.6 Å². The summed E-state index contributed by atoms with van der Waals surface area (Å²) in [7, 11) is 0. The SMILES string of the molecule is CC(C)NC(=O)C(=O)N1CC(C(=O)Nc2nccs2)C1. The smallest absolute Gasteiger partial charge is 0.311 e. The minimum Gasteiger partial charge on any atom is -0.346 e. The second-order valence-electron chi connectivity index (χ2n) is 4.86. The van der Waals surface area contributed by atoms with E-state index in [0.29, 0.717) is 5.13 Å². The molecule has 1 aliphatic heterocycles. The van der Waals surface area contributed by atoms with Gasteiger partial charge in [0, 0.05) is 30.7 Å². The van der Waals surface area contributed by atoms with Crippen molar-refractivity contribution < 1.29 is 14.4 Å². The second kappa shape index (κ2) is 6.00. The first-order valence-corrected chi connectivity index (χ1v) is 7.15. The third kappa shape index (κ3) is 3.32. The molecule has 1 aromatic heterocycles. The Hall–Kier alpha value is -1.96. The van der Waals surface area contributed by atoms with Crippen molar-refractivity contribution in [2.75, 3.05) is 18.4 Å². The van der Waals surface area contributed by atoms with Crippen LogP contribution in [-0.4, -0.2) is 46.7 Å². The number of carbonyl (C=O) groups is 3. The maximum atomic E-state index is 11.8. The highest BCUT2D eigenvalue weighted by Crippen LogP contribution is 2.19. The number of carbonyl (C=O) groups excluding carboxylic acids is 3. The largest absolute Gasteiger partial charge is 0.346 e. The van der Waals surface area contributed by atoms with Crippen LogP contribution in [0.2, 0.25) is 0 Å². The van der Waals surface area contributed by atoms with Gasteiger partial charge in [0.1, 0.15) is 0 Å². The van der Waals surface area contributed by atoms with Crippen molar-refractivity contribution in [3.8, 4) is 0 Å². The second-order valence-corrected chi connectivity index (χ2v) is 5.76. The standard InChI is InChI=1S/C12H16N4O3S/c1-7(2)14-10(18)11(19)16-5-8(6-16)9(17)15-12-13-3-4-20-12/h3-4,7-8H,5-6H2,1-2H3,(H,14,18)(H,13,15,17). The average molecular weight is 296 g/mol. The van der Waals surface area contributed by atoms with Crippen LogP contribution in [0.3, 0.4) is 0 Å². The number of hydrogen-bond donors (Lipinski definition) is 2. The molecule has 0 aromatic carbocycles. The highest BCUT2D eigenvalue weighted by molar-refractivity contribution is 7.13. The average Bonchev–Trinajstić information content (AvgIpc) is 2.78. The number of aromatic nitrogens is 1. The molecule has 0 radical (unpaired) electrons. The lowest BCUT2D eigenvalue weighted by molar-refractivity contribution is -0.151. The highest BCUT2D eigenvalue weighted by Gasteiger charge is 2.38. The van der Waals surface area contributed by atoms with Gasteiger partial charge >= 0.3 is 11.8 Å². The Bertz CT molecular complexity index is 509. The van der Waals surface area contributed by atoms with Crippen LogP contribution in [-0.2, 0) is 14.4 Å². The molecule has 1 aromatic rings. The molecule has 1 aliphatic rings. The molecule has 3 amide bonds. The highest BCUT2D eigenvalue weighted by atomic mass is 32.1. The zero-order valence-corrected chi connectivity index (χ0v) is 12.1. The van der Waals surface area contributed by atoms with Crippen LogP contribution in [0, 0.1) is 5.92 Å². The number of nitrogens with zero attached hydrogens (tertiary/aromatic N) is 2. The van der Waals surface area contributed by atoms with Crippen molar-refractivity contribution in [2.24, 2.45) is 5.92 Å². The molecule has 2 N–H and O–H groups in total. The number of thiazole rings is 1. The van der Waals surface area contributed by atoms with Crippen molar-refractivity contribution in [3.63, 3.8) is 0 Å². The minimum atomic E-state index is -0.626. The molecule has 2 rings (SSSR count). The van der Waals surface area contributed by atoms with Crippen molar-refractivity contribution in [1.82, 2.24) is 15.2 Å². The molecule has 1 saturated heterocycles. The lowest BCUT2D eigenvalue weighted by Crippen LogP contribution is -2.58. The predicted octanol–water partition coefficient (Wildman–Crippen LogP) is 0.0646. The van der Waals surface area contributed by atoms with Crippen LogP contribution >= 0.6 is 11.3 Å². The molecule has 1 fully saturated rings. The van der Waals surface area contributed by atoms with Crippen LogP contribution in [0.15, 0.2) is 11.6 Å². The Morgan fingerprint density at radius 2 is 2.10 bits per heavy atom.